The summed E-state index contributed by atoms with van der Waals surface area (Å²) in [5.41, 5.74) is 5.88. The minimum atomic E-state index is -1.04. The van der Waals surface area contributed by atoms with Gasteiger partial charge >= 0.3 is 0 Å². The van der Waals surface area contributed by atoms with E-state index in [0.29, 0.717) is 19.3 Å². The second-order valence-corrected chi connectivity index (χ2v) is 5.10. The number of halogens is 1. The van der Waals surface area contributed by atoms with Crippen LogP contribution in [-0.4, -0.2) is 11.7 Å². The first kappa shape index (κ1) is 10.1. The van der Waals surface area contributed by atoms with Gasteiger partial charge in [0, 0.05) is 12.5 Å². The van der Waals surface area contributed by atoms with Crippen molar-refractivity contribution in [2.24, 2.45) is 5.73 Å². The fourth-order valence-electron chi connectivity index (χ4n) is 2.27. The molecule has 2 atom stereocenters. The third kappa shape index (κ3) is 2.34. The molecule has 0 bridgehead atoms. The van der Waals surface area contributed by atoms with E-state index < -0.39 is 5.67 Å². The molecule has 14 heavy (non-hydrogen) atoms. The summed E-state index contributed by atoms with van der Waals surface area (Å²) in [6.07, 6.45) is 3.67. The molecule has 1 aliphatic carbocycles. The van der Waals surface area contributed by atoms with Crippen molar-refractivity contribution in [1.29, 1.82) is 0 Å². The van der Waals surface area contributed by atoms with Gasteiger partial charge in [0.2, 0.25) is 0 Å². The summed E-state index contributed by atoms with van der Waals surface area (Å²) < 4.78 is 14.3. The number of alkyl halides is 1. The number of nitrogens with two attached hydrogens (primary N) is 1. The Labute approximate surface area is 88.1 Å². The van der Waals surface area contributed by atoms with Crippen LogP contribution < -0.4 is 5.73 Å². The van der Waals surface area contributed by atoms with Crippen LogP contribution in [0.5, 0.6) is 0 Å². The molecule has 2 N–H and O–H groups in total. The first-order valence-corrected chi connectivity index (χ1v) is 6.08. The lowest BCUT2D eigenvalue weighted by atomic mass is 9.80. The van der Waals surface area contributed by atoms with E-state index in [-0.39, 0.29) is 6.04 Å². The van der Waals surface area contributed by atoms with E-state index in [1.165, 1.54) is 0 Å². The zero-order valence-electron chi connectivity index (χ0n) is 8.21. The fraction of sp³-hybridized carbons (Fsp3) is 0.636. The third-order valence-corrected chi connectivity index (χ3v) is 3.66. The topological polar surface area (TPSA) is 26.0 Å². The molecule has 0 radical (unpaired) electrons. The Morgan fingerprint density at radius 1 is 1.64 bits per heavy atom. The van der Waals surface area contributed by atoms with E-state index in [4.69, 9.17) is 5.73 Å². The molecule has 0 aliphatic heterocycles. The van der Waals surface area contributed by atoms with E-state index >= 15 is 0 Å². The quantitative estimate of drug-likeness (QED) is 0.803. The molecule has 0 saturated heterocycles. The van der Waals surface area contributed by atoms with Crippen LogP contribution in [0.4, 0.5) is 4.39 Å². The summed E-state index contributed by atoms with van der Waals surface area (Å²) in [6.45, 7) is 0. The number of hydrogen-bond acceptors (Lipinski definition) is 2. The zero-order valence-corrected chi connectivity index (χ0v) is 9.02. The molecule has 1 aliphatic rings. The predicted molar refractivity (Wildman–Crippen MR) is 58.3 cm³/mol. The maximum atomic E-state index is 14.3. The van der Waals surface area contributed by atoms with E-state index in [2.05, 4.69) is 0 Å². The van der Waals surface area contributed by atoms with Gasteiger partial charge < -0.3 is 5.73 Å². The maximum absolute atomic E-state index is 14.3. The summed E-state index contributed by atoms with van der Waals surface area (Å²) in [7, 11) is 0. The molecular weight excluding hydrogens is 197 g/mol. The highest BCUT2D eigenvalue weighted by Crippen LogP contribution is 2.34. The smallest absolute Gasteiger partial charge is 0.116 e. The van der Waals surface area contributed by atoms with Crippen LogP contribution in [0, 0.1) is 0 Å². The molecule has 0 amide bonds. The first-order chi connectivity index (χ1) is 6.68. The number of rotatable bonds is 2. The van der Waals surface area contributed by atoms with Crippen LogP contribution in [0.1, 0.15) is 31.2 Å². The Hall–Kier alpha value is -0.410. The highest BCUT2D eigenvalue weighted by atomic mass is 32.1. The Kier molecular flexibility index (Phi) is 2.88. The molecule has 1 aromatic rings. The van der Waals surface area contributed by atoms with Gasteiger partial charge in [-0.3, -0.25) is 0 Å². The van der Waals surface area contributed by atoms with Crippen molar-refractivity contribution >= 4 is 11.3 Å². The Bertz CT molecular complexity index is 285. The normalized spacial score (nSPS) is 33.1. The largest absolute Gasteiger partial charge is 0.328 e. The SMILES string of the molecule is NC1CCCC(F)(Cc2ccsc2)C1. The first-order valence-electron chi connectivity index (χ1n) is 5.14. The average molecular weight is 213 g/mol. The van der Waals surface area contributed by atoms with Gasteiger partial charge in [-0.05, 0) is 48.1 Å². The van der Waals surface area contributed by atoms with Gasteiger partial charge in [-0.25, -0.2) is 4.39 Å². The second kappa shape index (κ2) is 3.99. The van der Waals surface area contributed by atoms with Gasteiger partial charge in [0.05, 0.1) is 0 Å². The van der Waals surface area contributed by atoms with Crippen LogP contribution in [-0.2, 0) is 6.42 Å². The van der Waals surface area contributed by atoms with Gasteiger partial charge in [-0.2, -0.15) is 11.3 Å². The Morgan fingerprint density at radius 3 is 3.14 bits per heavy atom. The van der Waals surface area contributed by atoms with E-state index in [0.717, 1.165) is 18.4 Å². The molecule has 1 saturated carbocycles. The number of hydrogen-bond donors (Lipinski definition) is 1. The molecule has 0 spiro atoms. The molecule has 1 nitrogen and oxygen atoms in total. The summed E-state index contributed by atoms with van der Waals surface area (Å²) >= 11 is 1.63. The lowest BCUT2D eigenvalue weighted by molar-refractivity contribution is 0.0966. The molecular formula is C11H16FNS. The average Bonchev–Trinajstić information content (AvgIpc) is 2.55. The highest BCUT2D eigenvalue weighted by Gasteiger charge is 2.35. The number of thiophene rings is 1. The standard InChI is InChI=1S/C11H16FNS/c12-11(4-1-2-10(13)7-11)6-9-3-5-14-8-9/h3,5,8,10H,1-2,4,6-7,13H2. The van der Waals surface area contributed by atoms with Crippen molar-refractivity contribution < 1.29 is 4.39 Å². The molecule has 0 aromatic carbocycles. The van der Waals surface area contributed by atoms with Crippen molar-refractivity contribution in [3.05, 3.63) is 22.4 Å². The predicted octanol–water partition coefficient (Wildman–Crippen LogP) is 2.90. The monoisotopic (exact) mass is 213 g/mol. The molecule has 1 heterocycles. The van der Waals surface area contributed by atoms with Crippen LogP contribution in [0.2, 0.25) is 0 Å². The van der Waals surface area contributed by atoms with Gasteiger partial charge in [0.15, 0.2) is 0 Å². The lowest BCUT2D eigenvalue weighted by Crippen LogP contribution is -2.39. The Balaban J connectivity index is 2.01. The molecule has 1 fully saturated rings. The third-order valence-electron chi connectivity index (χ3n) is 2.93. The van der Waals surface area contributed by atoms with Crippen molar-refractivity contribution in [2.75, 3.05) is 0 Å². The summed E-state index contributed by atoms with van der Waals surface area (Å²) in [4.78, 5) is 0. The van der Waals surface area contributed by atoms with Gasteiger partial charge in [0.1, 0.15) is 5.67 Å². The van der Waals surface area contributed by atoms with Crippen LogP contribution in [0.3, 0.4) is 0 Å². The van der Waals surface area contributed by atoms with Crippen molar-refractivity contribution in [3.8, 4) is 0 Å². The van der Waals surface area contributed by atoms with E-state index in [1.807, 2.05) is 16.8 Å². The van der Waals surface area contributed by atoms with Crippen LogP contribution in [0.15, 0.2) is 16.8 Å². The van der Waals surface area contributed by atoms with E-state index in [9.17, 15) is 4.39 Å². The molecule has 3 heteroatoms. The van der Waals surface area contributed by atoms with Crippen LogP contribution in [0.25, 0.3) is 0 Å². The maximum Gasteiger partial charge on any atom is 0.116 e. The minimum absolute atomic E-state index is 0.0624. The molecule has 2 unspecified atom stereocenters. The fourth-order valence-corrected chi connectivity index (χ4v) is 2.94. The lowest BCUT2D eigenvalue weighted by Gasteiger charge is -2.32. The van der Waals surface area contributed by atoms with Crippen molar-refractivity contribution in [2.45, 2.75) is 43.8 Å². The second-order valence-electron chi connectivity index (χ2n) is 4.32. The highest BCUT2D eigenvalue weighted by molar-refractivity contribution is 7.07. The summed E-state index contributed by atoms with van der Waals surface area (Å²) in [6, 6.07) is 2.07. The van der Waals surface area contributed by atoms with Gasteiger partial charge in [0.25, 0.3) is 0 Å². The van der Waals surface area contributed by atoms with Gasteiger partial charge in [-0.1, -0.05) is 0 Å². The van der Waals surface area contributed by atoms with Gasteiger partial charge in [-0.15, -0.1) is 0 Å². The van der Waals surface area contributed by atoms with E-state index in [1.54, 1.807) is 11.3 Å². The summed E-state index contributed by atoms with van der Waals surface area (Å²) in [5, 5.41) is 4.03. The Morgan fingerprint density at radius 2 is 2.50 bits per heavy atom. The van der Waals surface area contributed by atoms with Crippen molar-refractivity contribution in [3.63, 3.8) is 0 Å². The molecule has 2 rings (SSSR count). The van der Waals surface area contributed by atoms with Crippen molar-refractivity contribution in [1.82, 2.24) is 0 Å². The van der Waals surface area contributed by atoms with Crippen LogP contribution >= 0.6 is 11.3 Å². The summed E-state index contributed by atoms with van der Waals surface area (Å²) in [5.74, 6) is 0. The molecule has 78 valence electrons. The minimum Gasteiger partial charge on any atom is -0.328 e. The molecule has 1 aromatic heterocycles. The zero-order chi connectivity index (χ0) is 10.0.